The molecule has 0 bridgehead atoms. The Morgan fingerprint density at radius 3 is 2.59 bits per heavy atom. The van der Waals surface area contributed by atoms with Gasteiger partial charge in [-0.3, -0.25) is 4.98 Å². The van der Waals surface area contributed by atoms with Gasteiger partial charge in [0.2, 0.25) is 0 Å². The van der Waals surface area contributed by atoms with Crippen LogP contribution < -0.4 is 9.47 Å². The second-order valence-electron chi connectivity index (χ2n) is 7.37. The first-order chi connectivity index (χ1) is 16.5. The minimum Gasteiger partial charge on any atom is -0.493 e. The number of carbonyl (C=O) groups is 1. The highest BCUT2D eigenvalue weighted by molar-refractivity contribution is 7.98. The molecule has 2 heterocycles. The molecule has 9 heteroatoms. The number of carbonyl (C=O) groups excluding carboxylic acids is 1. The van der Waals surface area contributed by atoms with Gasteiger partial charge in [-0.05, 0) is 42.8 Å². The van der Waals surface area contributed by atoms with E-state index in [0.29, 0.717) is 39.1 Å². The average molecular weight is 498 g/mol. The maximum absolute atomic E-state index is 13.3. The molecule has 0 N–H and O–H groups in total. The molecule has 0 aliphatic heterocycles. The Hall–Kier alpha value is -3.23. The summed E-state index contributed by atoms with van der Waals surface area (Å²) in [5.41, 5.74) is 3.16. The molecule has 0 fully saturated rings. The van der Waals surface area contributed by atoms with Gasteiger partial charge in [-0.15, -0.1) is 0 Å². The molecule has 0 radical (unpaired) electrons. The van der Waals surface area contributed by atoms with E-state index in [-0.39, 0.29) is 6.61 Å². The van der Waals surface area contributed by atoms with Crippen molar-refractivity contribution < 1.29 is 19.0 Å². The van der Waals surface area contributed by atoms with Gasteiger partial charge in [0.15, 0.2) is 16.7 Å². The van der Waals surface area contributed by atoms with E-state index in [0.717, 1.165) is 21.6 Å². The number of hydrogen-bond donors (Lipinski definition) is 0. The Morgan fingerprint density at radius 2 is 1.91 bits per heavy atom. The van der Waals surface area contributed by atoms with Gasteiger partial charge in [0.1, 0.15) is 0 Å². The van der Waals surface area contributed by atoms with Crippen molar-refractivity contribution >= 4 is 40.2 Å². The van der Waals surface area contributed by atoms with Gasteiger partial charge < -0.3 is 18.8 Å². The van der Waals surface area contributed by atoms with Crippen molar-refractivity contribution in [3.05, 3.63) is 65.1 Å². The van der Waals surface area contributed by atoms with Crippen LogP contribution in [0.3, 0.4) is 0 Å². The smallest absolute Gasteiger partial charge is 0.340 e. The Balaban J connectivity index is 1.98. The molecule has 0 atom stereocenters. The summed E-state index contributed by atoms with van der Waals surface area (Å²) in [5, 5.41) is 2.11. The normalized spacial score (nSPS) is 11.0. The van der Waals surface area contributed by atoms with E-state index in [2.05, 4.69) is 4.98 Å². The lowest BCUT2D eigenvalue weighted by Crippen LogP contribution is -2.12. The molecule has 4 aromatic rings. The molecule has 2 aromatic heterocycles. The van der Waals surface area contributed by atoms with Crippen LogP contribution in [0.2, 0.25) is 5.02 Å². The molecular weight excluding hydrogens is 474 g/mol. The lowest BCUT2D eigenvalue weighted by molar-refractivity contribution is 0.0526. The highest BCUT2D eigenvalue weighted by Crippen LogP contribution is 2.40. The van der Waals surface area contributed by atoms with Crippen LogP contribution in [0.5, 0.6) is 11.5 Å². The first kappa shape index (κ1) is 23.9. The van der Waals surface area contributed by atoms with Crippen LogP contribution in [0.1, 0.15) is 23.0 Å². The second kappa shape index (κ2) is 10.4. The van der Waals surface area contributed by atoms with Crippen molar-refractivity contribution in [1.29, 1.82) is 0 Å². The molecule has 0 unspecified atom stereocenters. The molecule has 4 rings (SSSR count). The highest BCUT2D eigenvalue weighted by Gasteiger charge is 2.25. The SMILES string of the molecule is CCOC(=O)c1c(CSc2nccn2C)nc2ccc(Cl)cc2c1-c1ccc(OC)c(OC)c1. The fraction of sp³-hybridized carbons (Fsp3) is 0.240. The van der Waals surface area contributed by atoms with Gasteiger partial charge in [0.25, 0.3) is 0 Å². The first-order valence-electron chi connectivity index (χ1n) is 10.6. The van der Waals surface area contributed by atoms with Crippen molar-refractivity contribution in [2.75, 3.05) is 20.8 Å². The second-order valence-corrected chi connectivity index (χ2v) is 8.75. The Morgan fingerprint density at radius 1 is 1.12 bits per heavy atom. The largest absolute Gasteiger partial charge is 0.493 e. The number of methoxy groups -OCH3 is 2. The van der Waals surface area contributed by atoms with E-state index in [4.69, 9.17) is 30.8 Å². The predicted octanol–water partition coefficient (Wildman–Crippen LogP) is 5.77. The van der Waals surface area contributed by atoms with E-state index < -0.39 is 5.97 Å². The minimum absolute atomic E-state index is 0.240. The molecule has 2 aromatic carbocycles. The number of aryl methyl sites for hydroxylation is 1. The van der Waals surface area contributed by atoms with E-state index in [1.165, 1.54) is 11.8 Å². The summed E-state index contributed by atoms with van der Waals surface area (Å²) in [4.78, 5) is 22.5. The summed E-state index contributed by atoms with van der Waals surface area (Å²) in [6.45, 7) is 2.02. The van der Waals surface area contributed by atoms with Gasteiger partial charge in [0, 0.05) is 41.2 Å². The number of halogens is 1. The Kier molecular flexibility index (Phi) is 7.29. The topological polar surface area (TPSA) is 75.5 Å². The van der Waals surface area contributed by atoms with E-state index in [1.807, 2.05) is 48.1 Å². The van der Waals surface area contributed by atoms with Gasteiger partial charge in [-0.25, -0.2) is 9.78 Å². The molecule has 0 saturated carbocycles. The van der Waals surface area contributed by atoms with Crippen molar-refractivity contribution in [1.82, 2.24) is 14.5 Å². The summed E-state index contributed by atoms with van der Waals surface area (Å²) in [6.07, 6.45) is 3.61. The zero-order chi connectivity index (χ0) is 24.2. The van der Waals surface area contributed by atoms with Gasteiger partial charge in [-0.1, -0.05) is 29.4 Å². The summed E-state index contributed by atoms with van der Waals surface area (Å²) < 4.78 is 18.3. The number of pyridine rings is 1. The third-order valence-corrected chi connectivity index (χ3v) is 6.59. The monoisotopic (exact) mass is 497 g/mol. The number of ether oxygens (including phenoxy) is 3. The van der Waals surface area contributed by atoms with Crippen LogP contribution >= 0.6 is 23.4 Å². The van der Waals surface area contributed by atoms with Crippen LogP contribution in [0.4, 0.5) is 0 Å². The molecule has 0 amide bonds. The van der Waals surface area contributed by atoms with Crippen LogP contribution in [-0.4, -0.2) is 41.3 Å². The third-order valence-electron chi connectivity index (χ3n) is 5.29. The number of fused-ring (bicyclic) bond motifs is 1. The lowest BCUT2D eigenvalue weighted by atomic mass is 9.94. The lowest BCUT2D eigenvalue weighted by Gasteiger charge is -2.18. The van der Waals surface area contributed by atoms with Crippen LogP contribution in [0.25, 0.3) is 22.0 Å². The van der Waals surface area contributed by atoms with Crippen molar-refractivity contribution in [3.8, 4) is 22.6 Å². The Bertz CT molecular complexity index is 1360. The van der Waals surface area contributed by atoms with Crippen LogP contribution in [0, 0.1) is 0 Å². The Labute approximate surface area is 207 Å². The zero-order valence-electron chi connectivity index (χ0n) is 19.3. The molecular formula is C25H24ClN3O4S. The number of benzene rings is 2. The molecule has 7 nitrogen and oxygen atoms in total. The number of aromatic nitrogens is 3. The average Bonchev–Trinajstić information content (AvgIpc) is 3.26. The summed E-state index contributed by atoms with van der Waals surface area (Å²) in [5.74, 6) is 1.12. The minimum atomic E-state index is -0.447. The van der Waals surface area contributed by atoms with Crippen molar-refractivity contribution in [2.24, 2.45) is 7.05 Å². The fourth-order valence-electron chi connectivity index (χ4n) is 3.73. The van der Waals surface area contributed by atoms with E-state index >= 15 is 0 Å². The van der Waals surface area contributed by atoms with Crippen LogP contribution in [0.15, 0.2) is 53.9 Å². The van der Waals surface area contributed by atoms with Crippen molar-refractivity contribution in [2.45, 2.75) is 17.8 Å². The number of imidazole rings is 1. The van der Waals surface area contributed by atoms with Gasteiger partial charge >= 0.3 is 5.97 Å². The maximum atomic E-state index is 13.3. The number of hydrogen-bond acceptors (Lipinski definition) is 7. The number of nitrogens with zero attached hydrogens (tertiary/aromatic N) is 3. The highest BCUT2D eigenvalue weighted by atomic mass is 35.5. The summed E-state index contributed by atoms with van der Waals surface area (Å²) >= 11 is 7.86. The quantitative estimate of drug-likeness (QED) is 0.226. The van der Waals surface area contributed by atoms with E-state index in [1.54, 1.807) is 33.4 Å². The molecule has 0 aliphatic rings. The van der Waals surface area contributed by atoms with E-state index in [9.17, 15) is 4.79 Å². The molecule has 0 spiro atoms. The maximum Gasteiger partial charge on any atom is 0.340 e. The van der Waals surface area contributed by atoms with Gasteiger partial charge in [-0.2, -0.15) is 0 Å². The van der Waals surface area contributed by atoms with Gasteiger partial charge in [0.05, 0.1) is 37.6 Å². The standard InChI is InChI=1S/C25H24ClN3O4S/c1-5-33-24(30)23-19(14-34-25-27-10-11-29(25)2)28-18-8-7-16(26)13-17(18)22(23)15-6-9-20(31-3)21(12-15)32-4/h6-13H,5,14H2,1-4H3. The molecule has 0 aliphatic carbocycles. The number of thioether (sulfide) groups is 1. The fourth-order valence-corrected chi connectivity index (χ4v) is 4.78. The number of rotatable bonds is 8. The number of esters is 1. The van der Waals surface area contributed by atoms with Crippen LogP contribution in [-0.2, 0) is 17.5 Å². The predicted molar refractivity (Wildman–Crippen MR) is 134 cm³/mol. The van der Waals surface area contributed by atoms with Crippen molar-refractivity contribution in [3.63, 3.8) is 0 Å². The molecule has 0 saturated heterocycles. The molecule has 34 heavy (non-hydrogen) atoms. The zero-order valence-corrected chi connectivity index (χ0v) is 20.9. The summed E-state index contributed by atoms with van der Waals surface area (Å²) in [6, 6.07) is 11.0. The summed E-state index contributed by atoms with van der Waals surface area (Å²) in [7, 11) is 5.08. The third kappa shape index (κ3) is 4.69. The molecule has 176 valence electrons. The first-order valence-corrected chi connectivity index (χ1v) is 11.9.